The molecule has 0 saturated heterocycles. The van der Waals surface area contributed by atoms with Gasteiger partial charge in [-0.05, 0) is 19.6 Å². The number of hydrogen-bond acceptors (Lipinski definition) is 3. The highest BCUT2D eigenvalue weighted by molar-refractivity contribution is 7.98. The fourth-order valence-electron chi connectivity index (χ4n) is 1.38. The van der Waals surface area contributed by atoms with Gasteiger partial charge < -0.3 is 10.4 Å². The number of aliphatic hydroxyl groups excluding tert-OH is 1. The molecule has 92 valence electrons. The molecule has 0 saturated carbocycles. The number of nitrogens with one attached hydrogen (secondary N) is 1. The standard InChI is InChI=1S/C9H18F3NOS/c1-7(5-9(10,11)12)13-8(3-4-14)6-15-2/h7-8,13-14H,3-6H2,1-2H3. The van der Waals surface area contributed by atoms with Gasteiger partial charge in [-0.3, -0.25) is 0 Å². The van der Waals surface area contributed by atoms with E-state index in [9.17, 15) is 13.2 Å². The molecule has 0 aliphatic carbocycles. The van der Waals surface area contributed by atoms with Crippen molar-refractivity contribution in [3.05, 3.63) is 0 Å². The van der Waals surface area contributed by atoms with Crippen LogP contribution in [0.2, 0.25) is 0 Å². The molecule has 2 unspecified atom stereocenters. The van der Waals surface area contributed by atoms with Gasteiger partial charge in [0.1, 0.15) is 0 Å². The van der Waals surface area contributed by atoms with Crippen molar-refractivity contribution in [2.24, 2.45) is 0 Å². The average Bonchev–Trinajstić information content (AvgIpc) is 2.00. The van der Waals surface area contributed by atoms with E-state index in [1.54, 1.807) is 11.8 Å². The Morgan fingerprint density at radius 2 is 2.00 bits per heavy atom. The lowest BCUT2D eigenvalue weighted by molar-refractivity contribution is -0.139. The normalized spacial score (nSPS) is 16.4. The molecule has 0 amide bonds. The van der Waals surface area contributed by atoms with Crippen LogP contribution in [0.25, 0.3) is 0 Å². The van der Waals surface area contributed by atoms with Gasteiger partial charge in [0.05, 0.1) is 6.42 Å². The van der Waals surface area contributed by atoms with Crippen molar-refractivity contribution in [2.75, 3.05) is 18.6 Å². The minimum Gasteiger partial charge on any atom is -0.396 e. The molecule has 2 atom stereocenters. The fraction of sp³-hybridized carbons (Fsp3) is 1.00. The number of halogens is 3. The summed E-state index contributed by atoms with van der Waals surface area (Å²) in [5.74, 6) is 0.711. The van der Waals surface area contributed by atoms with Gasteiger partial charge in [-0.25, -0.2) is 0 Å². The second-order valence-electron chi connectivity index (χ2n) is 3.55. The van der Waals surface area contributed by atoms with E-state index in [4.69, 9.17) is 5.11 Å². The van der Waals surface area contributed by atoms with Crippen LogP contribution in [-0.2, 0) is 0 Å². The van der Waals surface area contributed by atoms with E-state index in [1.165, 1.54) is 6.92 Å². The molecule has 0 aliphatic rings. The predicted molar refractivity (Wildman–Crippen MR) is 57.1 cm³/mol. The first-order valence-corrected chi connectivity index (χ1v) is 6.21. The molecule has 0 heterocycles. The molecule has 15 heavy (non-hydrogen) atoms. The van der Waals surface area contributed by atoms with E-state index in [-0.39, 0.29) is 12.6 Å². The van der Waals surface area contributed by atoms with Crippen LogP contribution in [0.1, 0.15) is 19.8 Å². The lowest BCUT2D eigenvalue weighted by atomic mass is 10.1. The smallest absolute Gasteiger partial charge is 0.390 e. The SMILES string of the molecule is CSCC(CCO)NC(C)CC(F)(F)F. The summed E-state index contributed by atoms with van der Waals surface area (Å²) >= 11 is 1.55. The van der Waals surface area contributed by atoms with Gasteiger partial charge in [0, 0.05) is 24.4 Å². The van der Waals surface area contributed by atoms with Gasteiger partial charge in [-0.2, -0.15) is 24.9 Å². The zero-order valence-electron chi connectivity index (χ0n) is 8.97. The van der Waals surface area contributed by atoms with Crippen molar-refractivity contribution in [1.82, 2.24) is 5.32 Å². The Hall–Kier alpha value is 0.0600. The maximum Gasteiger partial charge on any atom is 0.390 e. The molecule has 0 fully saturated rings. The van der Waals surface area contributed by atoms with Crippen LogP contribution < -0.4 is 5.32 Å². The number of hydrogen-bond donors (Lipinski definition) is 2. The van der Waals surface area contributed by atoms with Gasteiger partial charge >= 0.3 is 6.18 Å². The van der Waals surface area contributed by atoms with Crippen molar-refractivity contribution in [3.63, 3.8) is 0 Å². The van der Waals surface area contributed by atoms with E-state index < -0.39 is 18.6 Å². The Bertz CT molecular complexity index is 160. The van der Waals surface area contributed by atoms with Crippen LogP contribution in [0.15, 0.2) is 0 Å². The molecule has 0 rings (SSSR count). The summed E-state index contributed by atoms with van der Waals surface area (Å²) < 4.78 is 36.1. The average molecular weight is 245 g/mol. The van der Waals surface area contributed by atoms with Crippen LogP contribution in [0.4, 0.5) is 13.2 Å². The van der Waals surface area contributed by atoms with E-state index in [2.05, 4.69) is 5.32 Å². The summed E-state index contributed by atoms with van der Waals surface area (Å²) in [5.41, 5.74) is 0. The molecule has 0 bridgehead atoms. The Kier molecular flexibility index (Phi) is 7.38. The minimum atomic E-state index is -4.13. The topological polar surface area (TPSA) is 32.3 Å². The predicted octanol–water partition coefficient (Wildman–Crippen LogP) is 2.03. The van der Waals surface area contributed by atoms with Gasteiger partial charge in [-0.15, -0.1) is 0 Å². The van der Waals surface area contributed by atoms with Crippen LogP contribution >= 0.6 is 11.8 Å². The third-order valence-electron chi connectivity index (χ3n) is 1.90. The first-order chi connectivity index (χ1) is 6.89. The monoisotopic (exact) mass is 245 g/mol. The third-order valence-corrected chi connectivity index (χ3v) is 2.64. The number of aliphatic hydroxyl groups is 1. The summed E-state index contributed by atoms with van der Waals surface area (Å²) in [6.45, 7) is 1.51. The second kappa shape index (κ2) is 7.35. The van der Waals surface area contributed by atoms with Crippen molar-refractivity contribution in [2.45, 2.75) is 38.0 Å². The molecule has 0 aliphatic heterocycles. The summed E-state index contributed by atoms with van der Waals surface area (Å²) in [6, 6.07) is -0.656. The number of rotatable bonds is 7. The quantitative estimate of drug-likeness (QED) is 0.720. The molecule has 0 aromatic carbocycles. The van der Waals surface area contributed by atoms with Crippen LogP contribution in [0.3, 0.4) is 0 Å². The Balaban J connectivity index is 3.93. The Morgan fingerprint density at radius 1 is 1.40 bits per heavy atom. The molecular formula is C9H18F3NOS. The van der Waals surface area contributed by atoms with Crippen molar-refractivity contribution < 1.29 is 18.3 Å². The Morgan fingerprint density at radius 3 is 2.40 bits per heavy atom. The fourth-order valence-corrected chi connectivity index (χ4v) is 2.05. The lowest BCUT2D eigenvalue weighted by Gasteiger charge is -2.23. The number of alkyl halides is 3. The molecule has 0 spiro atoms. The summed E-state index contributed by atoms with van der Waals surface area (Å²) in [4.78, 5) is 0. The highest BCUT2D eigenvalue weighted by atomic mass is 32.2. The largest absolute Gasteiger partial charge is 0.396 e. The molecular weight excluding hydrogens is 227 g/mol. The van der Waals surface area contributed by atoms with Gasteiger partial charge in [0.15, 0.2) is 0 Å². The first-order valence-electron chi connectivity index (χ1n) is 4.81. The van der Waals surface area contributed by atoms with Crippen LogP contribution in [0, 0.1) is 0 Å². The van der Waals surface area contributed by atoms with E-state index in [0.717, 1.165) is 0 Å². The summed E-state index contributed by atoms with van der Waals surface area (Å²) in [7, 11) is 0. The van der Waals surface area contributed by atoms with Crippen molar-refractivity contribution in [3.8, 4) is 0 Å². The minimum absolute atomic E-state index is 0.00301. The van der Waals surface area contributed by atoms with Gasteiger partial charge in [-0.1, -0.05) is 0 Å². The molecule has 0 aromatic rings. The highest BCUT2D eigenvalue weighted by Crippen LogP contribution is 2.21. The molecule has 2 nitrogen and oxygen atoms in total. The van der Waals surface area contributed by atoms with E-state index in [1.807, 2.05) is 6.26 Å². The summed E-state index contributed by atoms with van der Waals surface area (Å²) in [5, 5.41) is 11.6. The number of thioether (sulfide) groups is 1. The highest BCUT2D eigenvalue weighted by Gasteiger charge is 2.30. The molecule has 0 aromatic heterocycles. The second-order valence-corrected chi connectivity index (χ2v) is 4.46. The lowest BCUT2D eigenvalue weighted by Crippen LogP contribution is -2.41. The molecule has 0 radical (unpaired) electrons. The van der Waals surface area contributed by atoms with Gasteiger partial charge in [0.25, 0.3) is 0 Å². The van der Waals surface area contributed by atoms with E-state index in [0.29, 0.717) is 12.2 Å². The van der Waals surface area contributed by atoms with E-state index >= 15 is 0 Å². The zero-order valence-corrected chi connectivity index (χ0v) is 9.79. The van der Waals surface area contributed by atoms with Crippen molar-refractivity contribution in [1.29, 1.82) is 0 Å². The maximum atomic E-state index is 12.0. The van der Waals surface area contributed by atoms with Crippen LogP contribution in [0.5, 0.6) is 0 Å². The van der Waals surface area contributed by atoms with Gasteiger partial charge in [0.2, 0.25) is 0 Å². The molecule has 2 N–H and O–H groups in total. The zero-order chi connectivity index (χ0) is 11.9. The van der Waals surface area contributed by atoms with Crippen molar-refractivity contribution >= 4 is 11.8 Å². The summed E-state index contributed by atoms with van der Waals surface area (Å²) in [6.07, 6.45) is -2.58. The van der Waals surface area contributed by atoms with Crippen LogP contribution in [-0.4, -0.2) is 42.0 Å². The first kappa shape index (κ1) is 15.1. The Labute approximate surface area is 92.6 Å². The molecule has 6 heteroatoms. The maximum absolute atomic E-state index is 12.0. The third kappa shape index (κ3) is 9.02.